The van der Waals surface area contributed by atoms with Crippen molar-refractivity contribution in [3.05, 3.63) is 12.2 Å². The van der Waals surface area contributed by atoms with Crippen LogP contribution in [0.25, 0.3) is 0 Å². The van der Waals surface area contributed by atoms with Crippen LogP contribution in [0.1, 0.15) is 123 Å². The summed E-state index contributed by atoms with van der Waals surface area (Å²) in [5.74, 6) is -0.851. The lowest BCUT2D eigenvalue weighted by Crippen LogP contribution is -2.48. The molecular formula is C27H50O6. The smallest absolute Gasteiger partial charge is 0.327 e. The summed E-state index contributed by atoms with van der Waals surface area (Å²) >= 11 is 0. The minimum atomic E-state index is -0.851. The van der Waals surface area contributed by atoms with E-state index in [0.717, 1.165) is 25.7 Å². The molecule has 5 unspecified atom stereocenters. The molecule has 1 saturated heterocycles. The van der Waals surface area contributed by atoms with E-state index >= 15 is 0 Å². The van der Waals surface area contributed by atoms with Crippen LogP contribution in [-0.4, -0.2) is 52.0 Å². The summed E-state index contributed by atoms with van der Waals surface area (Å²) in [6.45, 7) is 3.85. The van der Waals surface area contributed by atoms with Gasteiger partial charge in [-0.25, -0.2) is 4.79 Å². The molecule has 0 aromatic heterocycles. The van der Waals surface area contributed by atoms with E-state index in [4.69, 9.17) is 14.6 Å². The summed E-state index contributed by atoms with van der Waals surface area (Å²) in [5, 5.41) is 28.3. The molecule has 0 aromatic rings. The van der Waals surface area contributed by atoms with Crippen molar-refractivity contribution in [1.82, 2.24) is 0 Å². The van der Waals surface area contributed by atoms with Gasteiger partial charge in [0.2, 0.25) is 0 Å². The van der Waals surface area contributed by atoms with Crippen LogP contribution in [0.2, 0.25) is 0 Å². The van der Waals surface area contributed by atoms with Crippen LogP contribution >= 0.6 is 0 Å². The van der Waals surface area contributed by atoms with Gasteiger partial charge in [-0.05, 0) is 33.1 Å². The van der Waals surface area contributed by atoms with Gasteiger partial charge in [-0.3, -0.25) is 0 Å². The van der Waals surface area contributed by atoms with Crippen molar-refractivity contribution < 1.29 is 29.6 Å². The maximum Gasteiger partial charge on any atom is 0.327 e. The molecule has 1 heterocycles. The number of carboxylic acids is 1. The van der Waals surface area contributed by atoms with Crippen LogP contribution in [0.3, 0.4) is 0 Å². The van der Waals surface area contributed by atoms with Crippen molar-refractivity contribution >= 4 is 5.97 Å². The molecule has 0 spiro atoms. The first-order valence-corrected chi connectivity index (χ1v) is 13.5. The SMILES string of the molecule is CC(CCCCCCCCCCCCCCCCC=CC(=O)O)OC1OC(C)C(O)CC1O. The first-order valence-electron chi connectivity index (χ1n) is 13.5. The monoisotopic (exact) mass is 470 g/mol. The van der Waals surface area contributed by atoms with Gasteiger partial charge in [-0.1, -0.05) is 89.5 Å². The highest BCUT2D eigenvalue weighted by molar-refractivity contribution is 5.79. The number of aliphatic hydroxyl groups is 2. The molecule has 0 bridgehead atoms. The summed E-state index contributed by atoms with van der Waals surface area (Å²) in [6, 6.07) is 0. The van der Waals surface area contributed by atoms with E-state index in [1.807, 2.05) is 13.8 Å². The zero-order chi connectivity index (χ0) is 24.3. The minimum absolute atomic E-state index is 0.0564. The predicted molar refractivity (Wildman–Crippen MR) is 132 cm³/mol. The zero-order valence-corrected chi connectivity index (χ0v) is 21.1. The lowest BCUT2D eigenvalue weighted by molar-refractivity contribution is -0.273. The second-order valence-corrected chi connectivity index (χ2v) is 9.79. The van der Waals surface area contributed by atoms with Gasteiger partial charge in [0.1, 0.15) is 6.10 Å². The van der Waals surface area contributed by atoms with Crippen molar-refractivity contribution in [2.75, 3.05) is 0 Å². The predicted octanol–water partition coefficient (Wildman–Crippen LogP) is 6.13. The van der Waals surface area contributed by atoms with Crippen molar-refractivity contribution in [3.63, 3.8) is 0 Å². The van der Waals surface area contributed by atoms with Crippen LogP contribution in [0.5, 0.6) is 0 Å². The lowest BCUT2D eigenvalue weighted by atomic mass is 10.0. The number of unbranched alkanes of at least 4 members (excludes halogenated alkanes) is 14. The second-order valence-electron chi connectivity index (χ2n) is 9.79. The molecule has 0 radical (unpaired) electrons. The molecule has 5 atom stereocenters. The Bertz CT molecular complexity index is 509. The van der Waals surface area contributed by atoms with Crippen molar-refractivity contribution in [1.29, 1.82) is 0 Å². The number of aliphatic carboxylic acids is 1. The fourth-order valence-corrected chi connectivity index (χ4v) is 4.36. The Morgan fingerprint density at radius 3 is 1.88 bits per heavy atom. The number of ether oxygens (including phenoxy) is 2. The molecule has 1 rings (SSSR count). The largest absolute Gasteiger partial charge is 0.478 e. The van der Waals surface area contributed by atoms with E-state index in [2.05, 4.69) is 0 Å². The van der Waals surface area contributed by atoms with Crippen LogP contribution in [0.4, 0.5) is 0 Å². The van der Waals surface area contributed by atoms with Crippen LogP contribution in [0, 0.1) is 0 Å². The molecule has 33 heavy (non-hydrogen) atoms. The maximum absolute atomic E-state index is 10.4. The summed E-state index contributed by atoms with van der Waals surface area (Å²) in [4.78, 5) is 10.4. The van der Waals surface area contributed by atoms with Gasteiger partial charge in [0.25, 0.3) is 0 Å². The van der Waals surface area contributed by atoms with E-state index < -0.39 is 24.5 Å². The van der Waals surface area contributed by atoms with Gasteiger partial charge in [0.15, 0.2) is 6.29 Å². The highest BCUT2D eigenvalue weighted by Crippen LogP contribution is 2.23. The van der Waals surface area contributed by atoms with Crippen molar-refractivity contribution in [2.45, 2.75) is 154 Å². The average Bonchev–Trinajstić information content (AvgIpc) is 2.76. The summed E-state index contributed by atoms with van der Waals surface area (Å²) in [5.41, 5.74) is 0. The fraction of sp³-hybridized carbons (Fsp3) is 0.889. The van der Waals surface area contributed by atoms with Crippen molar-refractivity contribution in [3.8, 4) is 0 Å². The van der Waals surface area contributed by atoms with Gasteiger partial charge < -0.3 is 24.8 Å². The Kier molecular flexibility index (Phi) is 17.7. The molecule has 1 fully saturated rings. The zero-order valence-electron chi connectivity index (χ0n) is 21.1. The van der Waals surface area contributed by atoms with Gasteiger partial charge in [-0.15, -0.1) is 0 Å². The number of aliphatic hydroxyl groups excluding tert-OH is 2. The van der Waals surface area contributed by atoms with Gasteiger partial charge in [-0.2, -0.15) is 0 Å². The number of hydrogen-bond acceptors (Lipinski definition) is 5. The number of carbonyl (C=O) groups is 1. The normalized spacial score (nSPS) is 24.4. The molecular weight excluding hydrogens is 420 g/mol. The lowest BCUT2D eigenvalue weighted by Gasteiger charge is -2.36. The molecule has 0 aromatic carbocycles. The van der Waals surface area contributed by atoms with Crippen LogP contribution in [-0.2, 0) is 14.3 Å². The third-order valence-corrected chi connectivity index (χ3v) is 6.55. The summed E-state index contributed by atoms with van der Waals surface area (Å²) in [7, 11) is 0. The molecule has 6 heteroatoms. The molecule has 194 valence electrons. The molecule has 0 amide bonds. The molecule has 1 aliphatic heterocycles. The van der Waals surface area contributed by atoms with Crippen LogP contribution in [0.15, 0.2) is 12.2 Å². The Morgan fingerprint density at radius 1 is 0.879 bits per heavy atom. The van der Waals surface area contributed by atoms with E-state index in [1.54, 1.807) is 6.08 Å². The van der Waals surface area contributed by atoms with E-state index in [9.17, 15) is 15.0 Å². The number of carboxylic acid groups (broad SMARTS) is 1. The van der Waals surface area contributed by atoms with Gasteiger partial charge in [0.05, 0.1) is 18.3 Å². The molecule has 3 N–H and O–H groups in total. The molecule has 0 aliphatic carbocycles. The first-order chi connectivity index (χ1) is 15.9. The van der Waals surface area contributed by atoms with Gasteiger partial charge in [0, 0.05) is 12.5 Å². The Hall–Kier alpha value is -0.950. The summed E-state index contributed by atoms with van der Waals surface area (Å²) in [6.07, 6.45) is 20.8. The topological polar surface area (TPSA) is 96.2 Å². The van der Waals surface area contributed by atoms with E-state index in [-0.39, 0.29) is 12.2 Å². The molecule has 6 nitrogen and oxygen atoms in total. The third kappa shape index (κ3) is 16.3. The average molecular weight is 471 g/mol. The number of allylic oxidation sites excluding steroid dienone is 1. The van der Waals surface area contributed by atoms with E-state index in [0.29, 0.717) is 6.42 Å². The quantitative estimate of drug-likeness (QED) is 0.146. The Labute approximate surface area is 201 Å². The first kappa shape index (κ1) is 30.1. The Balaban J connectivity index is 1.81. The fourth-order valence-electron chi connectivity index (χ4n) is 4.36. The van der Waals surface area contributed by atoms with Gasteiger partial charge >= 0.3 is 5.97 Å². The third-order valence-electron chi connectivity index (χ3n) is 6.55. The highest BCUT2D eigenvalue weighted by Gasteiger charge is 2.35. The van der Waals surface area contributed by atoms with Crippen molar-refractivity contribution in [2.24, 2.45) is 0 Å². The number of hydrogen-bond donors (Lipinski definition) is 3. The van der Waals surface area contributed by atoms with E-state index in [1.165, 1.54) is 83.1 Å². The second kappa shape index (κ2) is 19.4. The molecule has 0 saturated carbocycles. The summed E-state index contributed by atoms with van der Waals surface area (Å²) < 4.78 is 11.4. The standard InChI is InChI=1S/C27H50O6/c1-22(32-27-25(29)21-24(28)23(2)33-27)19-17-15-13-11-9-7-5-3-4-6-8-10-12-14-16-18-20-26(30)31/h18,20,22-25,27-29H,3-17,19,21H2,1-2H3,(H,30,31). The maximum atomic E-state index is 10.4. The molecule has 1 aliphatic rings. The number of rotatable bonds is 20. The highest BCUT2D eigenvalue weighted by atomic mass is 16.7. The Morgan fingerprint density at radius 2 is 1.36 bits per heavy atom. The van der Waals surface area contributed by atoms with Crippen LogP contribution < -0.4 is 0 Å². The minimum Gasteiger partial charge on any atom is -0.478 e.